The molecule has 0 radical (unpaired) electrons. The Morgan fingerprint density at radius 3 is 2.71 bits per heavy atom. The van der Waals surface area contributed by atoms with Crippen LogP contribution < -0.4 is 0 Å². The van der Waals surface area contributed by atoms with E-state index in [0.29, 0.717) is 5.82 Å². The normalized spacial score (nSPS) is 12.5. The number of hydrogen-bond donors (Lipinski definition) is 0. The van der Waals surface area contributed by atoms with Crippen LogP contribution in [0.25, 0.3) is 11.5 Å². The van der Waals surface area contributed by atoms with Crippen LogP contribution in [0.2, 0.25) is 0 Å². The molecule has 0 spiro atoms. The van der Waals surface area contributed by atoms with E-state index in [2.05, 4.69) is 30.9 Å². The zero-order valence-electron chi connectivity index (χ0n) is 9.48. The fourth-order valence-electron chi connectivity index (χ4n) is 1.53. The second-order valence-corrected chi connectivity index (χ2v) is 5.19. The van der Waals surface area contributed by atoms with E-state index >= 15 is 0 Å². The van der Waals surface area contributed by atoms with E-state index in [-0.39, 0.29) is 5.38 Å². The standard InChI is InChI=1S/C12H11BrClN3/c1-7(14)9-6-16-12(17-8(9)2)11-10(13)4-3-5-15-11/h3-7H,1-2H3. The smallest absolute Gasteiger partial charge is 0.179 e. The van der Waals surface area contributed by atoms with E-state index in [1.54, 1.807) is 12.4 Å². The summed E-state index contributed by atoms with van der Waals surface area (Å²) in [6, 6.07) is 3.77. The highest BCUT2D eigenvalue weighted by molar-refractivity contribution is 9.10. The van der Waals surface area contributed by atoms with E-state index in [1.807, 2.05) is 26.0 Å². The number of pyridine rings is 1. The van der Waals surface area contributed by atoms with Crippen LogP contribution in [0.3, 0.4) is 0 Å². The third-order valence-electron chi connectivity index (χ3n) is 2.42. The number of aryl methyl sites for hydroxylation is 1. The molecule has 1 atom stereocenters. The van der Waals surface area contributed by atoms with Gasteiger partial charge in [0.05, 0.1) is 5.38 Å². The third kappa shape index (κ3) is 2.64. The summed E-state index contributed by atoms with van der Waals surface area (Å²) in [5.74, 6) is 0.607. The molecule has 88 valence electrons. The van der Waals surface area contributed by atoms with Gasteiger partial charge in [-0.25, -0.2) is 9.97 Å². The van der Waals surface area contributed by atoms with Gasteiger partial charge in [0.1, 0.15) is 5.69 Å². The molecule has 2 aromatic heterocycles. The zero-order chi connectivity index (χ0) is 12.4. The molecule has 3 nitrogen and oxygen atoms in total. The van der Waals surface area contributed by atoms with Gasteiger partial charge >= 0.3 is 0 Å². The molecule has 0 aliphatic carbocycles. The summed E-state index contributed by atoms with van der Waals surface area (Å²) in [6.45, 7) is 3.83. The molecule has 0 bridgehead atoms. The second-order valence-electron chi connectivity index (χ2n) is 3.68. The summed E-state index contributed by atoms with van der Waals surface area (Å²) in [5, 5.41) is -0.0868. The molecule has 2 heterocycles. The molecule has 0 aliphatic heterocycles. The van der Waals surface area contributed by atoms with Crippen LogP contribution in [0.1, 0.15) is 23.6 Å². The Bertz CT molecular complexity index is 543. The predicted octanol–water partition coefficient (Wildman–Crippen LogP) is 3.91. The second kappa shape index (κ2) is 5.10. The molecule has 0 aliphatic rings. The number of aromatic nitrogens is 3. The summed E-state index contributed by atoms with van der Waals surface area (Å²) in [6.07, 6.45) is 3.48. The van der Waals surface area contributed by atoms with Crippen LogP contribution in [0.5, 0.6) is 0 Å². The molecule has 0 N–H and O–H groups in total. The van der Waals surface area contributed by atoms with Gasteiger partial charge in [-0.2, -0.15) is 0 Å². The van der Waals surface area contributed by atoms with Gasteiger partial charge in [0.2, 0.25) is 0 Å². The Balaban J connectivity index is 2.49. The lowest BCUT2D eigenvalue weighted by atomic mass is 10.2. The Kier molecular flexibility index (Phi) is 3.74. The monoisotopic (exact) mass is 311 g/mol. The topological polar surface area (TPSA) is 38.7 Å². The minimum atomic E-state index is -0.0868. The largest absolute Gasteiger partial charge is 0.252 e. The van der Waals surface area contributed by atoms with Crippen LogP contribution >= 0.6 is 27.5 Å². The number of alkyl halides is 1. The van der Waals surface area contributed by atoms with Crippen LogP contribution in [0.15, 0.2) is 29.0 Å². The van der Waals surface area contributed by atoms with Crippen molar-refractivity contribution in [2.75, 3.05) is 0 Å². The lowest BCUT2D eigenvalue weighted by molar-refractivity contribution is 0.970. The first-order chi connectivity index (χ1) is 8.09. The first-order valence-corrected chi connectivity index (χ1v) is 6.41. The van der Waals surface area contributed by atoms with Crippen LogP contribution in [-0.2, 0) is 0 Å². The van der Waals surface area contributed by atoms with Crippen molar-refractivity contribution < 1.29 is 0 Å². The van der Waals surface area contributed by atoms with E-state index < -0.39 is 0 Å². The van der Waals surface area contributed by atoms with Crippen molar-refractivity contribution in [3.05, 3.63) is 40.3 Å². The first-order valence-electron chi connectivity index (χ1n) is 5.18. The van der Waals surface area contributed by atoms with Gasteiger partial charge in [-0.05, 0) is 41.9 Å². The summed E-state index contributed by atoms with van der Waals surface area (Å²) in [5.41, 5.74) is 2.57. The maximum Gasteiger partial charge on any atom is 0.179 e. The maximum atomic E-state index is 6.03. The average Bonchev–Trinajstić information content (AvgIpc) is 2.29. The highest BCUT2D eigenvalue weighted by atomic mass is 79.9. The molecule has 17 heavy (non-hydrogen) atoms. The van der Waals surface area contributed by atoms with Gasteiger partial charge in [0.15, 0.2) is 5.82 Å². The van der Waals surface area contributed by atoms with Crippen LogP contribution in [-0.4, -0.2) is 15.0 Å². The molecule has 0 saturated carbocycles. The average molecular weight is 313 g/mol. The summed E-state index contributed by atoms with van der Waals surface area (Å²) in [4.78, 5) is 13.0. The molecule has 2 rings (SSSR count). The number of halogens is 2. The van der Waals surface area contributed by atoms with Crippen molar-refractivity contribution >= 4 is 27.5 Å². The van der Waals surface area contributed by atoms with Crippen molar-refractivity contribution in [3.8, 4) is 11.5 Å². The van der Waals surface area contributed by atoms with E-state index in [1.165, 1.54) is 0 Å². The number of hydrogen-bond acceptors (Lipinski definition) is 3. The quantitative estimate of drug-likeness (QED) is 0.789. The minimum absolute atomic E-state index is 0.0868. The van der Waals surface area contributed by atoms with Crippen molar-refractivity contribution in [3.63, 3.8) is 0 Å². The van der Waals surface area contributed by atoms with Crippen LogP contribution in [0.4, 0.5) is 0 Å². The molecule has 5 heteroatoms. The highest BCUT2D eigenvalue weighted by Crippen LogP contribution is 2.26. The SMILES string of the molecule is Cc1nc(-c2ncccc2Br)ncc1C(C)Cl. The predicted molar refractivity (Wildman–Crippen MR) is 72.0 cm³/mol. The lowest BCUT2D eigenvalue weighted by Crippen LogP contribution is -1.99. The van der Waals surface area contributed by atoms with Gasteiger partial charge < -0.3 is 0 Å². The third-order valence-corrected chi connectivity index (χ3v) is 3.29. The van der Waals surface area contributed by atoms with Crippen LogP contribution in [0, 0.1) is 6.92 Å². The molecule has 2 aromatic rings. The Hall–Kier alpha value is -1.00. The zero-order valence-corrected chi connectivity index (χ0v) is 11.8. The molecule has 0 aromatic carbocycles. The fourth-order valence-corrected chi connectivity index (χ4v) is 2.18. The number of rotatable bonds is 2. The molecule has 0 saturated heterocycles. The van der Waals surface area contributed by atoms with Gasteiger partial charge in [0, 0.05) is 28.1 Å². The minimum Gasteiger partial charge on any atom is -0.252 e. The van der Waals surface area contributed by atoms with Crippen molar-refractivity contribution in [2.45, 2.75) is 19.2 Å². The number of nitrogens with zero attached hydrogens (tertiary/aromatic N) is 3. The highest BCUT2D eigenvalue weighted by Gasteiger charge is 2.11. The lowest BCUT2D eigenvalue weighted by Gasteiger charge is -2.08. The van der Waals surface area contributed by atoms with E-state index in [9.17, 15) is 0 Å². The van der Waals surface area contributed by atoms with Crippen molar-refractivity contribution in [1.29, 1.82) is 0 Å². The molecule has 1 unspecified atom stereocenters. The van der Waals surface area contributed by atoms with E-state index in [0.717, 1.165) is 21.4 Å². The maximum absolute atomic E-state index is 6.03. The van der Waals surface area contributed by atoms with E-state index in [4.69, 9.17) is 11.6 Å². The fraction of sp³-hybridized carbons (Fsp3) is 0.250. The molecular weight excluding hydrogens is 302 g/mol. The first kappa shape index (κ1) is 12.5. The summed E-state index contributed by atoms with van der Waals surface area (Å²) < 4.78 is 0.881. The van der Waals surface area contributed by atoms with Crippen molar-refractivity contribution in [2.24, 2.45) is 0 Å². The van der Waals surface area contributed by atoms with Gasteiger partial charge in [-0.3, -0.25) is 4.98 Å². The Morgan fingerprint density at radius 2 is 2.12 bits per heavy atom. The molecular formula is C12H11BrClN3. The molecule has 0 amide bonds. The summed E-state index contributed by atoms with van der Waals surface area (Å²) >= 11 is 9.47. The summed E-state index contributed by atoms with van der Waals surface area (Å²) in [7, 11) is 0. The van der Waals surface area contributed by atoms with Crippen molar-refractivity contribution in [1.82, 2.24) is 15.0 Å². The Morgan fingerprint density at radius 1 is 1.35 bits per heavy atom. The van der Waals surface area contributed by atoms with Gasteiger partial charge in [-0.1, -0.05) is 0 Å². The van der Waals surface area contributed by atoms with Gasteiger partial charge in [-0.15, -0.1) is 11.6 Å². The van der Waals surface area contributed by atoms with Gasteiger partial charge in [0.25, 0.3) is 0 Å². The Labute approximate surface area is 113 Å². The molecule has 0 fully saturated rings.